The summed E-state index contributed by atoms with van der Waals surface area (Å²) in [5, 5.41) is 10.8. The molecule has 1 aliphatic rings. The van der Waals surface area contributed by atoms with Gasteiger partial charge in [0, 0.05) is 30.9 Å². The lowest BCUT2D eigenvalue weighted by atomic mass is 9.88. The topological polar surface area (TPSA) is 96.8 Å². The molecule has 192 valence electrons. The van der Waals surface area contributed by atoms with E-state index in [0.717, 1.165) is 38.0 Å². The summed E-state index contributed by atoms with van der Waals surface area (Å²) in [5.74, 6) is -0.588. The second kappa shape index (κ2) is 11.2. The number of primary amides is 1. The molecule has 0 aliphatic carbocycles. The fourth-order valence-electron chi connectivity index (χ4n) is 5.07. The highest BCUT2D eigenvalue weighted by atomic mass is 35.5. The lowest BCUT2D eigenvalue weighted by Gasteiger charge is -2.30. The van der Waals surface area contributed by atoms with Crippen LogP contribution < -0.4 is 5.73 Å². The molecule has 0 unspecified atom stereocenters. The lowest BCUT2D eigenvalue weighted by Crippen LogP contribution is -2.33. The summed E-state index contributed by atoms with van der Waals surface area (Å²) in [6.45, 7) is 6.71. The van der Waals surface area contributed by atoms with E-state index in [1.54, 1.807) is 0 Å². The summed E-state index contributed by atoms with van der Waals surface area (Å²) in [7, 11) is 0. The number of aromatic hydroxyl groups is 1. The number of nitrogens with zero attached hydrogens (tertiary/aromatic N) is 4. The third-order valence-electron chi connectivity index (χ3n) is 7.08. The van der Waals surface area contributed by atoms with Gasteiger partial charge in [0.15, 0.2) is 11.3 Å². The smallest absolute Gasteiger partial charge is 0.271 e. The molecule has 1 aliphatic heterocycles. The van der Waals surface area contributed by atoms with Crippen molar-refractivity contribution in [2.24, 2.45) is 5.73 Å². The normalized spacial score (nSPS) is 13.9. The van der Waals surface area contributed by atoms with E-state index in [1.165, 1.54) is 38.6 Å². The molecule has 0 saturated carbocycles. The highest BCUT2D eigenvalue weighted by Crippen LogP contribution is 2.33. The SMILES string of the molecule is Cc1ccc(C(=C2CCN(CCc3c(C)nc4c(C(N)=O)ncn4c3O)CC2)c2ccccc2)cc1.Cl. The Kier molecular flexibility index (Phi) is 7.95. The number of imidazole rings is 1. The lowest BCUT2D eigenvalue weighted by molar-refractivity contribution is 0.0997. The van der Waals surface area contributed by atoms with Crippen molar-refractivity contribution in [3.8, 4) is 5.88 Å². The minimum atomic E-state index is -0.658. The molecule has 1 fully saturated rings. The molecule has 0 spiro atoms. The van der Waals surface area contributed by atoms with E-state index in [0.29, 0.717) is 17.8 Å². The van der Waals surface area contributed by atoms with Gasteiger partial charge < -0.3 is 15.7 Å². The van der Waals surface area contributed by atoms with Gasteiger partial charge in [0.05, 0.1) is 0 Å². The van der Waals surface area contributed by atoms with Gasteiger partial charge in [0.2, 0.25) is 5.88 Å². The Hall–Kier alpha value is -3.68. The number of halogens is 1. The zero-order valence-electron chi connectivity index (χ0n) is 21.1. The van der Waals surface area contributed by atoms with Crippen LogP contribution in [0.2, 0.25) is 0 Å². The standard InChI is InChI=1S/C29H31N5O2.ClH/c1-19-8-10-22(11-9-19)25(21-6-4-3-5-7-21)23-12-15-33(16-13-23)17-14-24-20(2)32-28-26(27(30)35)31-18-34(28)29(24)36;/h3-11,18,36H,12-17H2,1-2H3,(H2,30,35);1H. The van der Waals surface area contributed by atoms with E-state index < -0.39 is 5.91 Å². The van der Waals surface area contributed by atoms with Crippen molar-refractivity contribution < 1.29 is 9.90 Å². The molecule has 1 amide bonds. The Labute approximate surface area is 223 Å². The number of aromatic nitrogens is 3. The maximum Gasteiger partial charge on any atom is 0.271 e. The number of hydrogen-bond donors (Lipinski definition) is 2. The maximum absolute atomic E-state index is 11.6. The highest BCUT2D eigenvalue weighted by molar-refractivity contribution is 5.96. The number of hydrogen-bond acceptors (Lipinski definition) is 5. The molecule has 0 radical (unpaired) electrons. The van der Waals surface area contributed by atoms with Crippen LogP contribution in [0.4, 0.5) is 0 Å². The molecule has 3 N–H and O–H groups in total. The molecule has 0 atom stereocenters. The van der Waals surface area contributed by atoms with E-state index in [4.69, 9.17) is 5.73 Å². The van der Waals surface area contributed by atoms with Crippen LogP contribution in [0, 0.1) is 13.8 Å². The number of fused-ring (bicyclic) bond motifs is 1. The molecular weight excluding hydrogens is 486 g/mol. The first-order valence-electron chi connectivity index (χ1n) is 12.3. The number of likely N-dealkylation sites (tertiary alicyclic amines) is 1. The minimum absolute atomic E-state index is 0. The number of piperidine rings is 1. The first-order valence-corrected chi connectivity index (χ1v) is 12.3. The van der Waals surface area contributed by atoms with Gasteiger partial charge in [-0.15, -0.1) is 12.4 Å². The van der Waals surface area contributed by atoms with Crippen molar-refractivity contribution in [2.45, 2.75) is 33.1 Å². The summed E-state index contributed by atoms with van der Waals surface area (Å²) < 4.78 is 1.44. The van der Waals surface area contributed by atoms with Crippen molar-refractivity contribution in [3.63, 3.8) is 0 Å². The van der Waals surface area contributed by atoms with E-state index in [1.807, 2.05) is 6.92 Å². The molecule has 3 heterocycles. The number of amides is 1. The second-order valence-corrected chi connectivity index (χ2v) is 9.45. The van der Waals surface area contributed by atoms with Gasteiger partial charge in [0.1, 0.15) is 6.33 Å². The van der Waals surface area contributed by atoms with Gasteiger partial charge in [-0.3, -0.25) is 9.20 Å². The van der Waals surface area contributed by atoms with Gasteiger partial charge >= 0.3 is 0 Å². The van der Waals surface area contributed by atoms with Gasteiger partial charge in [-0.2, -0.15) is 0 Å². The average molecular weight is 518 g/mol. The summed E-state index contributed by atoms with van der Waals surface area (Å²) in [5.41, 5.74) is 13.8. The first kappa shape index (κ1) is 26.4. The van der Waals surface area contributed by atoms with Crippen molar-refractivity contribution >= 4 is 29.5 Å². The van der Waals surface area contributed by atoms with Crippen LogP contribution in [-0.2, 0) is 6.42 Å². The number of nitrogens with two attached hydrogens (primary N) is 1. The maximum atomic E-state index is 11.6. The molecule has 1 saturated heterocycles. The zero-order chi connectivity index (χ0) is 25.2. The number of rotatable bonds is 6. The molecule has 2 aromatic heterocycles. The molecule has 7 nitrogen and oxygen atoms in total. The van der Waals surface area contributed by atoms with E-state index in [9.17, 15) is 9.90 Å². The van der Waals surface area contributed by atoms with Crippen LogP contribution >= 0.6 is 12.4 Å². The summed E-state index contributed by atoms with van der Waals surface area (Å²) in [6, 6.07) is 19.5. The molecule has 5 rings (SSSR count). The Morgan fingerprint density at radius 1 is 1.00 bits per heavy atom. The predicted octanol–water partition coefficient (Wildman–Crippen LogP) is 4.71. The van der Waals surface area contributed by atoms with Crippen molar-refractivity contribution in [1.29, 1.82) is 0 Å². The van der Waals surface area contributed by atoms with Gasteiger partial charge in [-0.25, -0.2) is 9.97 Å². The first-order chi connectivity index (χ1) is 17.4. The Balaban J connectivity index is 0.00000320. The molecule has 4 aromatic rings. The summed E-state index contributed by atoms with van der Waals surface area (Å²) in [4.78, 5) is 22.6. The van der Waals surface area contributed by atoms with Gasteiger partial charge in [-0.05, 0) is 49.8 Å². The molecule has 0 bridgehead atoms. The van der Waals surface area contributed by atoms with Crippen LogP contribution in [0.25, 0.3) is 11.2 Å². The predicted molar refractivity (Wildman–Crippen MR) is 148 cm³/mol. The highest BCUT2D eigenvalue weighted by Gasteiger charge is 2.22. The van der Waals surface area contributed by atoms with E-state index in [2.05, 4.69) is 76.4 Å². The Morgan fingerprint density at radius 3 is 2.30 bits per heavy atom. The van der Waals surface area contributed by atoms with Crippen LogP contribution in [0.1, 0.15) is 51.3 Å². The number of carbonyl (C=O) groups excluding carboxylic acids is 1. The van der Waals surface area contributed by atoms with Crippen molar-refractivity contribution in [3.05, 3.63) is 100 Å². The summed E-state index contributed by atoms with van der Waals surface area (Å²) >= 11 is 0. The van der Waals surface area contributed by atoms with E-state index in [-0.39, 0.29) is 24.0 Å². The Morgan fingerprint density at radius 2 is 1.65 bits per heavy atom. The number of aryl methyl sites for hydroxylation is 2. The van der Waals surface area contributed by atoms with Gasteiger partial charge in [-0.1, -0.05) is 65.7 Å². The average Bonchev–Trinajstić information content (AvgIpc) is 3.31. The summed E-state index contributed by atoms with van der Waals surface area (Å²) in [6.07, 6.45) is 4.07. The third kappa shape index (κ3) is 5.38. The Bertz CT molecular complexity index is 1430. The minimum Gasteiger partial charge on any atom is -0.494 e. The molecule has 2 aromatic carbocycles. The number of benzene rings is 2. The molecular formula is C29H32ClN5O2. The van der Waals surface area contributed by atoms with Crippen molar-refractivity contribution in [2.75, 3.05) is 19.6 Å². The van der Waals surface area contributed by atoms with Crippen LogP contribution in [-0.4, -0.2) is 49.9 Å². The largest absolute Gasteiger partial charge is 0.494 e. The monoisotopic (exact) mass is 517 g/mol. The molecule has 8 heteroatoms. The molecule has 37 heavy (non-hydrogen) atoms. The third-order valence-corrected chi connectivity index (χ3v) is 7.08. The van der Waals surface area contributed by atoms with Crippen LogP contribution in [0.5, 0.6) is 5.88 Å². The fraction of sp³-hybridized carbons (Fsp3) is 0.276. The second-order valence-electron chi connectivity index (χ2n) is 9.45. The zero-order valence-corrected chi connectivity index (χ0v) is 22.0. The van der Waals surface area contributed by atoms with Crippen LogP contribution in [0.15, 0.2) is 66.5 Å². The van der Waals surface area contributed by atoms with Crippen molar-refractivity contribution in [1.82, 2.24) is 19.3 Å². The van der Waals surface area contributed by atoms with E-state index >= 15 is 0 Å². The number of carbonyl (C=O) groups is 1. The quantitative estimate of drug-likeness (QED) is 0.386. The fourth-order valence-corrected chi connectivity index (χ4v) is 5.07. The van der Waals surface area contributed by atoms with Crippen LogP contribution in [0.3, 0.4) is 0 Å². The van der Waals surface area contributed by atoms with Gasteiger partial charge in [0.25, 0.3) is 5.91 Å².